The summed E-state index contributed by atoms with van der Waals surface area (Å²) in [7, 11) is 0. The van der Waals surface area contributed by atoms with Crippen LogP contribution in [0.4, 0.5) is 10.1 Å². The van der Waals surface area contributed by atoms with Crippen LogP contribution in [0.3, 0.4) is 0 Å². The normalized spacial score (nSPS) is 18.6. The molecule has 1 heterocycles. The van der Waals surface area contributed by atoms with Gasteiger partial charge in [-0.15, -0.1) is 0 Å². The van der Waals surface area contributed by atoms with E-state index in [1.807, 2.05) is 12.1 Å². The van der Waals surface area contributed by atoms with Gasteiger partial charge in [0.1, 0.15) is 5.82 Å². The zero-order chi connectivity index (χ0) is 13.7. The summed E-state index contributed by atoms with van der Waals surface area (Å²) >= 11 is 0. The zero-order valence-electron chi connectivity index (χ0n) is 11.6. The molecule has 1 aliphatic heterocycles. The number of aliphatic hydroxyl groups excluding tert-OH is 1. The van der Waals surface area contributed by atoms with Gasteiger partial charge in [-0.1, -0.05) is 25.5 Å². The van der Waals surface area contributed by atoms with E-state index in [1.165, 1.54) is 6.07 Å². The van der Waals surface area contributed by atoms with Crippen molar-refractivity contribution in [2.75, 3.05) is 37.6 Å². The maximum absolute atomic E-state index is 13.7. The molecular weight excluding hydrogens is 243 g/mol. The molecule has 0 aromatic heterocycles. The number of benzene rings is 1. The van der Waals surface area contributed by atoms with Gasteiger partial charge in [0.25, 0.3) is 0 Å². The predicted octanol–water partition coefficient (Wildman–Crippen LogP) is 2.11. The van der Waals surface area contributed by atoms with Crippen molar-refractivity contribution in [2.45, 2.75) is 25.9 Å². The Kier molecular flexibility index (Phi) is 5.16. The third-order valence-corrected chi connectivity index (χ3v) is 3.66. The highest BCUT2D eigenvalue weighted by atomic mass is 19.1. The number of hydrogen-bond acceptors (Lipinski definition) is 3. The Morgan fingerprint density at radius 2 is 1.89 bits per heavy atom. The highest BCUT2D eigenvalue weighted by Crippen LogP contribution is 2.20. The molecule has 0 radical (unpaired) electrons. The maximum Gasteiger partial charge on any atom is 0.146 e. The number of nitrogens with zero attached hydrogens (tertiary/aromatic N) is 2. The van der Waals surface area contributed by atoms with Gasteiger partial charge in [-0.3, -0.25) is 4.90 Å². The van der Waals surface area contributed by atoms with E-state index in [4.69, 9.17) is 0 Å². The summed E-state index contributed by atoms with van der Waals surface area (Å²) in [5.41, 5.74) is 0.691. The van der Waals surface area contributed by atoms with E-state index in [0.29, 0.717) is 5.69 Å². The first-order chi connectivity index (χ1) is 9.20. The Morgan fingerprint density at radius 1 is 1.21 bits per heavy atom. The van der Waals surface area contributed by atoms with Crippen LogP contribution in [0.25, 0.3) is 0 Å². The van der Waals surface area contributed by atoms with Crippen LogP contribution >= 0.6 is 0 Å². The molecule has 0 spiro atoms. The maximum atomic E-state index is 13.7. The lowest BCUT2D eigenvalue weighted by Crippen LogP contribution is -2.48. The molecule has 1 aromatic carbocycles. The molecule has 4 heteroatoms. The Labute approximate surface area is 114 Å². The minimum atomic E-state index is -0.231. The number of halogens is 1. The number of piperazine rings is 1. The molecule has 0 amide bonds. The first-order valence-corrected chi connectivity index (χ1v) is 7.10. The number of aliphatic hydroxyl groups is 1. The molecule has 0 bridgehead atoms. The first kappa shape index (κ1) is 14.3. The number of para-hydroxylation sites is 1. The molecule has 19 heavy (non-hydrogen) atoms. The van der Waals surface area contributed by atoms with Gasteiger partial charge >= 0.3 is 0 Å². The lowest BCUT2D eigenvalue weighted by Gasteiger charge is -2.37. The van der Waals surface area contributed by atoms with Crippen molar-refractivity contribution in [2.24, 2.45) is 0 Å². The summed E-state index contributed by atoms with van der Waals surface area (Å²) in [4.78, 5) is 4.34. The summed E-state index contributed by atoms with van der Waals surface area (Å²) in [5.74, 6) is -0.151. The fourth-order valence-electron chi connectivity index (χ4n) is 2.60. The molecule has 3 nitrogen and oxygen atoms in total. The number of hydrogen-bond donors (Lipinski definition) is 1. The van der Waals surface area contributed by atoms with Crippen molar-refractivity contribution in [1.29, 1.82) is 0 Å². The number of anilines is 1. The number of rotatable bonds is 5. The monoisotopic (exact) mass is 266 g/mol. The molecule has 1 unspecified atom stereocenters. The Bertz CT molecular complexity index is 391. The van der Waals surface area contributed by atoms with Crippen molar-refractivity contribution in [3.8, 4) is 0 Å². The van der Waals surface area contributed by atoms with Gasteiger partial charge in [0.15, 0.2) is 0 Å². The topological polar surface area (TPSA) is 26.7 Å². The van der Waals surface area contributed by atoms with Crippen LogP contribution < -0.4 is 4.90 Å². The average Bonchev–Trinajstić information content (AvgIpc) is 2.41. The quantitative estimate of drug-likeness (QED) is 0.884. The molecule has 1 atom stereocenters. The molecule has 1 N–H and O–H groups in total. The Balaban J connectivity index is 1.84. The summed E-state index contributed by atoms with van der Waals surface area (Å²) in [6, 6.07) is 6.93. The third kappa shape index (κ3) is 3.91. The van der Waals surface area contributed by atoms with Gasteiger partial charge in [-0.2, -0.15) is 0 Å². The molecule has 1 aromatic rings. The second-order valence-corrected chi connectivity index (χ2v) is 5.18. The van der Waals surface area contributed by atoms with E-state index in [1.54, 1.807) is 6.07 Å². The summed E-state index contributed by atoms with van der Waals surface area (Å²) in [6.45, 7) is 6.22. The van der Waals surface area contributed by atoms with Crippen LogP contribution in [-0.2, 0) is 0 Å². The molecule has 106 valence electrons. The lowest BCUT2D eigenvalue weighted by atomic mass is 10.2. The van der Waals surface area contributed by atoms with Crippen molar-refractivity contribution in [1.82, 2.24) is 4.90 Å². The average molecular weight is 266 g/mol. The molecule has 2 rings (SSSR count). The van der Waals surface area contributed by atoms with Gasteiger partial charge in [0.05, 0.1) is 11.8 Å². The van der Waals surface area contributed by atoms with Crippen molar-refractivity contribution in [3.63, 3.8) is 0 Å². The zero-order valence-corrected chi connectivity index (χ0v) is 11.6. The predicted molar refractivity (Wildman–Crippen MR) is 76.0 cm³/mol. The fraction of sp³-hybridized carbons (Fsp3) is 0.600. The first-order valence-electron chi connectivity index (χ1n) is 7.10. The Hall–Kier alpha value is -1.13. The molecular formula is C15H23FN2O. The summed E-state index contributed by atoms with van der Waals surface area (Å²) < 4.78 is 13.7. The van der Waals surface area contributed by atoms with E-state index >= 15 is 0 Å². The standard InChI is InChI=1S/C15H23FN2O/c1-2-5-13(19)12-17-8-10-18(11-9-17)15-7-4-3-6-14(15)16/h3-4,6-7,13,19H,2,5,8-12H2,1H3. The van der Waals surface area contributed by atoms with Crippen LogP contribution in [-0.4, -0.2) is 48.8 Å². The second-order valence-electron chi connectivity index (χ2n) is 5.18. The van der Waals surface area contributed by atoms with Gasteiger partial charge in [0.2, 0.25) is 0 Å². The van der Waals surface area contributed by atoms with Crippen LogP contribution in [0.2, 0.25) is 0 Å². The highest BCUT2D eigenvalue weighted by Gasteiger charge is 2.20. The van der Waals surface area contributed by atoms with E-state index in [-0.39, 0.29) is 11.9 Å². The molecule has 0 saturated carbocycles. The van der Waals surface area contributed by atoms with Crippen molar-refractivity contribution >= 4 is 5.69 Å². The van der Waals surface area contributed by atoms with E-state index in [9.17, 15) is 9.50 Å². The Morgan fingerprint density at radius 3 is 2.53 bits per heavy atom. The third-order valence-electron chi connectivity index (χ3n) is 3.66. The molecule has 1 saturated heterocycles. The van der Waals surface area contributed by atoms with Gasteiger partial charge in [-0.25, -0.2) is 4.39 Å². The minimum Gasteiger partial charge on any atom is -0.392 e. The van der Waals surface area contributed by atoms with Gasteiger partial charge in [-0.05, 0) is 18.6 Å². The summed E-state index contributed by atoms with van der Waals surface area (Å²) in [5, 5.41) is 9.81. The smallest absolute Gasteiger partial charge is 0.146 e. The fourth-order valence-corrected chi connectivity index (χ4v) is 2.60. The molecule has 1 fully saturated rings. The molecule has 1 aliphatic rings. The van der Waals surface area contributed by atoms with Crippen LogP contribution in [0.5, 0.6) is 0 Å². The minimum absolute atomic E-state index is 0.151. The van der Waals surface area contributed by atoms with Crippen LogP contribution in [0, 0.1) is 5.82 Å². The second kappa shape index (κ2) is 6.87. The molecule has 0 aliphatic carbocycles. The highest BCUT2D eigenvalue weighted by molar-refractivity contribution is 5.47. The van der Waals surface area contributed by atoms with E-state index in [2.05, 4.69) is 16.7 Å². The van der Waals surface area contributed by atoms with Gasteiger partial charge < -0.3 is 10.0 Å². The summed E-state index contributed by atoms with van der Waals surface area (Å²) in [6.07, 6.45) is 1.63. The number of β-amino-alcohol motifs (C(OH)–C–C–N with tert-alkyl or cyclic N) is 1. The van der Waals surface area contributed by atoms with E-state index in [0.717, 1.165) is 45.6 Å². The van der Waals surface area contributed by atoms with Crippen LogP contribution in [0.15, 0.2) is 24.3 Å². The van der Waals surface area contributed by atoms with Crippen molar-refractivity contribution in [3.05, 3.63) is 30.1 Å². The van der Waals surface area contributed by atoms with Crippen molar-refractivity contribution < 1.29 is 9.50 Å². The van der Waals surface area contributed by atoms with Crippen LogP contribution in [0.1, 0.15) is 19.8 Å². The largest absolute Gasteiger partial charge is 0.392 e. The van der Waals surface area contributed by atoms with E-state index < -0.39 is 0 Å². The van der Waals surface area contributed by atoms with Gasteiger partial charge in [0, 0.05) is 32.7 Å². The SMILES string of the molecule is CCCC(O)CN1CCN(c2ccccc2F)CC1. The lowest BCUT2D eigenvalue weighted by molar-refractivity contribution is 0.101.